The lowest BCUT2D eigenvalue weighted by Gasteiger charge is -2.17. The van der Waals surface area contributed by atoms with Crippen LogP contribution >= 0.6 is 11.8 Å². The molecule has 0 fully saturated rings. The van der Waals surface area contributed by atoms with E-state index in [0.717, 1.165) is 6.26 Å². The first kappa shape index (κ1) is 20.8. The van der Waals surface area contributed by atoms with Crippen molar-refractivity contribution in [2.75, 3.05) is 25.9 Å². The Kier molecular flexibility index (Phi) is 7.56. The summed E-state index contributed by atoms with van der Waals surface area (Å²) >= 11 is -0.342. The molecule has 1 aromatic carbocycles. The van der Waals surface area contributed by atoms with Gasteiger partial charge in [-0.15, -0.1) is 0 Å². The van der Waals surface area contributed by atoms with Gasteiger partial charge in [0, 0.05) is 24.5 Å². The number of carbonyl (C=O) groups is 1. The SMILES string of the molecule is CCN(CCCNC(=O)c1ccccc1SC(F)(F)F)S(C)(=O)=O. The summed E-state index contributed by atoms with van der Waals surface area (Å²) in [6.07, 6.45) is 1.46. The Hall–Kier alpha value is -1.26. The zero-order chi connectivity index (χ0) is 18.4. The summed E-state index contributed by atoms with van der Waals surface area (Å²) in [5.41, 5.74) is -4.54. The molecule has 0 saturated heterocycles. The Morgan fingerprint density at radius 1 is 1.29 bits per heavy atom. The maximum absolute atomic E-state index is 12.5. The molecule has 0 atom stereocenters. The minimum Gasteiger partial charge on any atom is -0.352 e. The highest BCUT2D eigenvalue weighted by molar-refractivity contribution is 8.00. The molecule has 0 spiro atoms. The number of halogens is 3. The summed E-state index contributed by atoms with van der Waals surface area (Å²) < 4.78 is 61.6. The molecule has 0 heterocycles. The zero-order valence-electron chi connectivity index (χ0n) is 13.3. The Morgan fingerprint density at radius 2 is 1.92 bits per heavy atom. The van der Waals surface area contributed by atoms with E-state index in [-0.39, 0.29) is 35.3 Å². The molecule has 0 radical (unpaired) electrons. The molecule has 0 unspecified atom stereocenters. The zero-order valence-corrected chi connectivity index (χ0v) is 14.9. The van der Waals surface area contributed by atoms with Crippen molar-refractivity contribution in [3.05, 3.63) is 29.8 Å². The van der Waals surface area contributed by atoms with Crippen molar-refractivity contribution < 1.29 is 26.4 Å². The summed E-state index contributed by atoms with van der Waals surface area (Å²) in [5, 5.41) is 2.51. The van der Waals surface area contributed by atoms with Crippen molar-refractivity contribution in [1.82, 2.24) is 9.62 Å². The molecule has 1 N–H and O–H groups in total. The van der Waals surface area contributed by atoms with E-state index in [1.54, 1.807) is 6.92 Å². The van der Waals surface area contributed by atoms with Gasteiger partial charge in [-0.25, -0.2) is 12.7 Å². The van der Waals surface area contributed by atoms with Gasteiger partial charge in [0.1, 0.15) is 0 Å². The monoisotopic (exact) mass is 384 g/mol. The Bertz CT molecular complexity index is 663. The highest BCUT2D eigenvalue weighted by Gasteiger charge is 2.31. The highest BCUT2D eigenvalue weighted by Crippen LogP contribution is 2.38. The van der Waals surface area contributed by atoms with E-state index in [9.17, 15) is 26.4 Å². The number of carbonyl (C=O) groups excluding carboxylic acids is 1. The number of hydrogen-bond acceptors (Lipinski definition) is 4. The number of thioether (sulfide) groups is 1. The number of hydrogen-bond donors (Lipinski definition) is 1. The van der Waals surface area contributed by atoms with Crippen molar-refractivity contribution in [2.45, 2.75) is 23.7 Å². The van der Waals surface area contributed by atoms with Crippen LogP contribution in [0.4, 0.5) is 13.2 Å². The van der Waals surface area contributed by atoms with Gasteiger partial charge < -0.3 is 5.32 Å². The standard InChI is InChI=1S/C14H19F3N2O3S2/c1-3-19(24(2,21)22)10-6-9-18-13(20)11-7-4-5-8-12(11)23-14(15,16)17/h4-5,7-8H,3,6,9-10H2,1-2H3,(H,18,20). The van der Waals surface area contributed by atoms with Crippen molar-refractivity contribution >= 4 is 27.7 Å². The maximum Gasteiger partial charge on any atom is 0.446 e. The van der Waals surface area contributed by atoms with Gasteiger partial charge in [-0.1, -0.05) is 19.1 Å². The fraction of sp³-hybridized carbons (Fsp3) is 0.500. The fourth-order valence-electron chi connectivity index (χ4n) is 1.98. The third-order valence-electron chi connectivity index (χ3n) is 3.05. The molecule has 0 saturated carbocycles. The minimum absolute atomic E-state index is 0.0599. The van der Waals surface area contributed by atoms with E-state index in [0.29, 0.717) is 13.0 Å². The van der Waals surface area contributed by atoms with Crippen molar-refractivity contribution in [2.24, 2.45) is 0 Å². The molecule has 1 aromatic rings. The van der Waals surface area contributed by atoms with Crippen LogP contribution in [-0.2, 0) is 10.0 Å². The van der Waals surface area contributed by atoms with Gasteiger partial charge in [-0.05, 0) is 30.3 Å². The fourth-order valence-corrected chi connectivity index (χ4v) is 3.58. The maximum atomic E-state index is 12.5. The second kappa shape index (κ2) is 8.72. The lowest BCUT2D eigenvalue weighted by molar-refractivity contribution is -0.0328. The van der Waals surface area contributed by atoms with Crippen LogP contribution < -0.4 is 5.32 Å². The first-order chi connectivity index (χ1) is 11.0. The van der Waals surface area contributed by atoms with Crippen LogP contribution in [0.1, 0.15) is 23.7 Å². The van der Waals surface area contributed by atoms with E-state index in [1.165, 1.54) is 28.6 Å². The van der Waals surface area contributed by atoms with Crippen LogP contribution in [0.3, 0.4) is 0 Å². The Morgan fingerprint density at radius 3 is 2.46 bits per heavy atom. The van der Waals surface area contributed by atoms with Crippen LogP contribution in [0.2, 0.25) is 0 Å². The molecule has 5 nitrogen and oxygen atoms in total. The summed E-state index contributed by atoms with van der Waals surface area (Å²) in [7, 11) is -3.30. The van der Waals surface area contributed by atoms with Crippen LogP contribution in [-0.4, -0.2) is 50.0 Å². The average molecular weight is 384 g/mol. The lowest BCUT2D eigenvalue weighted by atomic mass is 10.2. The molecule has 0 bridgehead atoms. The van der Waals surface area contributed by atoms with E-state index in [2.05, 4.69) is 5.32 Å². The van der Waals surface area contributed by atoms with Gasteiger partial charge in [0.2, 0.25) is 10.0 Å². The molecular weight excluding hydrogens is 365 g/mol. The van der Waals surface area contributed by atoms with Crippen molar-refractivity contribution in [1.29, 1.82) is 0 Å². The third kappa shape index (κ3) is 7.10. The van der Waals surface area contributed by atoms with Gasteiger partial charge >= 0.3 is 5.51 Å². The molecule has 0 aliphatic heterocycles. The van der Waals surface area contributed by atoms with Gasteiger partial charge in [0.15, 0.2) is 0 Å². The molecule has 136 valence electrons. The molecule has 24 heavy (non-hydrogen) atoms. The molecule has 0 aromatic heterocycles. The largest absolute Gasteiger partial charge is 0.446 e. The van der Waals surface area contributed by atoms with E-state index in [4.69, 9.17) is 0 Å². The molecule has 10 heteroatoms. The molecule has 1 amide bonds. The smallest absolute Gasteiger partial charge is 0.352 e. The quantitative estimate of drug-likeness (QED) is 0.553. The van der Waals surface area contributed by atoms with Gasteiger partial charge in [0.05, 0.1) is 11.8 Å². The molecular formula is C14H19F3N2O3S2. The van der Waals surface area contributed by atoms with Crippen molar-refractivity contribution in [3.8, 4) is 0 Å². The van der Waals surface area contributed by atoms with Gasteiger partial charge in [0.25, 0.3) is 5.91 Å². The number of nitrogens with one attached hydrogen (secondary N) is 1. The number of nitrogens with zero attached hydrogens (tertiary/aromatic N) is 1. The van der Waals surface area contributed by atoms with E-state index in [1.807, 2.05) is 0 Å². The minimum atomic E-state index is -4.48. The second-order valence-corrected chi connectivity index (χ2v) is 8.00. The van der Waals surface area contributed by atoms with E-state index >= 15 is 0 Å². The number of benzene rings is 1. The van der Waals surface area contributed by atoms with Gasteiger partial charge in [-0.3, -0.25) is 4.79 Å². The average Bonchev–Trinajstić information content (AvgIpc) is 2.44. The molecule has 0 aliphatic rings. The third-order valence-corrected chi connectivity index (χ3v) is 5.24. The highest BCUT2D eigenvalue weighted by atomic mass is 32.2. The van der Waals surface area contributed by atoms with Crippen molar-refractivity contribution in [3.63, 3.8) is 0 Å². The summed E-state index contributed by atoms with van der Waals surface area (Å²) in [4.78, 5) is 11.9. The normalized spacial score (nSPS) is 12.4. The van der Waals surface area contributed by atoms with Crippen LogP contribution in [0.15, 0.2) is 29.2 Å². The Labute approximate surface area is 143 Å². The van der Waals surface area contributed by atoms with Crippen LogP contribution in [0.25, 0.3) is 0 Å². The van der Waals surface area contributed by atoms with Crippen LogP contribution in [0.5, 0.6) is 0 Å². The molecule has 0 aliphatic carbocycles. The van der Waals surface area contributed by atoms with E-state index < -0.39 is 21.4 Å². The number of rotatable bonds is 8. The summed E-state index contributed by atoms with van der Waals surface area (Å²) in [6, 6.07) is 5.46. The number of alkyl halides is 3. The number of amides is 1. The summed E-state index contributed by atoms with van der Waals surface area (Å²) in [6.45, 7) is 2.41. The predicted octanol–water partition coefficient (Wildman–Crippen LogP) is 2.70. The Balaban J connectivity index is 2.61. The number of sulfonamides is 1. The summed E-state index contributed by atoms with van der Waals surface area (Å²) in [5.74, 6) is -0.621. The first-order valence-corrected chi connectivity index (χ1v) is 9.79. The first-order valence-electron chi connectivity index (χ1n) is 7.12. The molecule has 1 rings (SSSR count). The predicted molar refractivity (Wildman–Crippen MR) is 87.4 cm³/mol. The second-order valence-electron chi connectivity index (χ2n) is 4.91. The van der Waals surface area contributed by atoms with Crippen LogP contribution in [0, 0.1) is 0 Å². The lowest BCUT2D eigenvalue weighted by Crippen LogP contribution is -2.33. The van der Waals surface area contributed by atoms with Gasteiger partial charge in [-0.2, -0.15) is 13.2 Å². The topological polar surface area (TPSA) is 66.5 Å².